The van der Waals surface area contributed by atoms with Crippen LogP contribution in [0.3, 0.4) is 0 Å². The Balaban J connectivity index is 1.74. The van der Waals surface area contributed by atoms with Gasteiger partial charge in [-0.25, -0.2) is 8.42 Å². The van der Waals surface area contributed by atoms with Gasteiger partial charge in [-0.3, -0.25) is 9.59 Å². The van der Waals surface area contributed by atoms with Crippen LogP contribution in [-0.4, -0.2) is 48.9 Å². The minimum absolute atomic E-state index is 0.102. The lowest BCUT2D eigenvalue weighted by atomic mass is 10.0. The molecule has 0 radical (unpaired) electrons. The van der Waals surface area contributed by atoms with Crippen molar-refractivity contribution in [3.63, 3.8) is 0 Å². The first kappa shape index (κ1) is 23.1. The molecule has 8 nitrogen and oxygen atoms in total. The van der Waals surface area contributed by atoms with Crippen molar-refractivity contribution >= 4 is 66.4 Å². The zero-order valence-corrected chi connectivity index (χ0v) is 20.3. The lowest BCUT2D eigenvalue weighted by Crippen LogP contribution is -2.47. The average Bonchev–Trinajstić information content (AvgIpc) is 3.38. The lowest BCUT2D eigenvalue weighted by molar-refractivity contribution is -0.141. The van der Waals surface area contributed by atoms with E-state index in [1.165, 1.54) is 34.9 Å². The molecule has 1 fully saturated rings. The number of hydrogen-bond acceptors (Lipinski definition) is 7. The van der Waals surface area contributed by atoms with Gasteiger partial charge in [0.1, 0.15) is 16.8 Å². The second-order valence-electron chi connectivity index (χ2n) is 7.15. The van der Waals surface area contributed by atoms with E-state index in [0.717, 1.165) is 28.0 Å². The van der Waals surface area contributed by atoms with Crippen molar-refractivity contribution in [3.8, 4) is 0 Å². The van der Waals surface area contributed by atoms with E-state index in [2.05, 4.69) is 4.99 Å². The number of hydrogen-bond donors (Lipinski definition) is 0. The van der Waals surface area contributed by atoms with Crippen molar-refractivity contribution in [1.82, 2.24) is 8.87 Å². The molecule has 1 atom stereocenters. The van der Waals surface area contributed by atoms with Crippen LogP contribution in [0.25, 0.3) is 10.2 Å². The molecule has 0 aliphatic carbocycles. The summed E-state index contributed by atoms with van der Waals surface area (Å²) in [5, 5.41) is 0. The molecule has 2 aromatic heterocycles. The molecule has 0 saturated carbocycles. The number of aromatic nitrogens is 1. The number of thiophene rings is 1. The molecule has 1 aliphatic heterocycles. The molecule has 1 unspecified atom stereocenters. The monoisotopic (exact) mass is 513 g/mol. The summed E-state index contributed by atoms with van der Waals surface area (Å²) in [6, 6.07) is 9.45. The summed E-state index contributed by atoms with van der Waals surface area (Å²) >= 11 is 8.15. The maximum atomic E-state index is 13.2. The topological polar surface area (TPSA) is 98.0 Å². The largest absolute Gasteiger partial charge is 0.468 e. The third-order valence-electron chi connectivity index (χ3n) is 5.16. The Kier molecular flexibility index (Phi) is 6.82. The molecule has 0 N–H and O–H groups in total. The highest BCUT2D eigenvalue weighted by molar-refractivity contribution is 7.91. The van der Waals surface area contributed by atoms with Crippen molar-refractivity contribution in [2.75, 3.05) is 13.7 Å². The van der Waals surface area contributed by atoms with Gasteiger partial charge in [0.15, 0.2) is 4.80 Å². The van der Waals surface area contributed by atoms with Crippen molar-refractivity contribution in [2.45, 2.75) is 36.1 Å². The van der Waals surface area contributed by atoms with Crippen LogP contribution < -0.4 is 4.80 Å². The Labute approximate surface area is 197 Å². The van der Waals surface area contributed by atoms with Gasteiger partial charge >= 0.3 is 5.97 Å². The van der Waals surface area contributed by atoms with Crippen LogP contribution >= 0.6 is 34.3 Å². The second kappa shape index (κ2) is 9.44. The minimum atomic E-state index is -3.88. The first-order valence-corrected chi connectivity index (χ1v) is 13.3. The molecule has 12 heteroatoms. The Hall–Kier alpha value is -2.05. The van der Waals surface area contributed by atoms with Crippen LogP contribution in [0.2, 0.25) is 4.34 Å². The van der Waals surface area contributed by atoms with E-state index in [-0.39, 0.29) is 17.3 Å². The van der Waals surface area contributed by atoms with Gasteiger partial charge in [-0.05, 0) is 37.1 Å². The maximum Gasteiger partial charge on any atom is 0.325 e. The summed E-state index contributed by atoms with van der Waals surface area (Å²) in [4.78, 5) is 29.8. The summed E-state index contributed by atoms with van der Waals surface area (Å²) in [7, 11) is -2.58. The highest BCUT2D eigenvalue weighted by Gasteiger charge is 2.38. The summed E-state index contributed by atoms with van der Waals surface area (Å²) in [6.45, 7) is 0.130. The highest BCUT2D eigenvalue weighted by atomic mass is 35.5. The molecule has 1 amide bonds. The SMILES string of the molecule is COC(=O)Cn1c(=NC(=O)C2CCCCN2S(=O)(=O)c2ccc(Cl)s2)sc2ccccc21. The van der Waals surface area contributed by atoms with Crippen LogP contribution in [0.4, 0.5) is 0 Å². The number of ether oxygens (including phenoxy) is 1. The van der Waals surface area contributed by atoms with E-state index in [1.807, 2.05) is 24.3 Å². The van der Waals surface area contributed by atoms with E-state index >= 15 is 0 Å². The van der Waals surface area contributed by atoms with E-state index in [0.29, 0.717) is 22.0 Å². The average molecular weight is 514 g/mol. The fourth-order valence-corrected chi connectivity index (χ4v) is 7.91. The molecule has 1 aromatic carbocycles. The van der Waals surface area contributed by atoms with Gasteiger partial charge in [-0.15, -0.1) is 11.3 Å². The summed E-state index contributed by atoms with van der Waals surface area (Å²) in [5.41, 5.74) is 0.746. The number of fused-ring (bicyclic) bond motifs is 1. The summed E-state index contributed by atoms with van der Waals surface area (Å²) in [6.07, 6.45) is 1.76. The molecular formula is C20H20ClN3O5S3. The quantitative estimate of drug-likeness (QED) is 0.488. The number of carbonyl (C=O) groups is 2. The Morgan fingerprint density at radius 2 is 1.97 bits per heavy atom. The highest BCUT2D eigenvalue weighted by Crippen LogP contribution is 2.32. The Bertz CT molecular complexity index is 1340. The predicted octanol–water partition coefficient (Wildman–Crippen LogP) is 3.26. The van der Waals surface area contributed by atoms with Crippen LogP contribution in [0, 0.1) is 0 Å². The predicted molar refractivity (Wildman–Crippen MR) is 123 cm³/mol. The third kappa shape index (κ3) is 4.53. The van der Waals surface area contributed by atoms with Gasteiger partial charge in [-0.1, -0.05) is 41.5 Å². The van der Waals surface area contributed by atoms with Crippen LogP contribution in [-0.2, 0) is 30.9 Å². The number of halogens is 1. The zero-order chi connectivity index (χ0) is 22.9. The molecular weight excluding hydrogens is 494 g/mol. The van der Waals surface area contributed by atoms with E-state index in [4.69, 9.17) is 16.3 Å². The van der Waals surface area contributed by atoms with Crippen LogP contribution in [0.5, 0.6) is 0 Å². The molecule has 0 spiro atoms. The summed E-state index contributed by atoms with van der Waals surface area (Å²) < 4.78 is 35.3. The maximum absolute atomic E-state index is 13.2. The fourth-order valence-electron chi connectivity index (χ4n) is 3.61. The molecule has 32 heavy (non-hydrogen) atoms. The minimum Gasteiger partial charge on any atom is -0.468 e. The first-order chi connectivity index (χ1) is 15.3. The van der Waals surface area contributed by atoms with E-state index < -0.39 is 27.9 Å². The molecule has 1 aliphatic rings. The van der Waals surface area contributed by atoms with Crippen molar-refractivity contribution in [1.29, 1.82) is 0 Å². The number of carbonyl (C=O) groups excluding carboxylic acids is 2. The fraction of sp³-hybridized carbons (Fsp3) is 0.350. The smallest absolute Gasteiger partial charge is 0.325 e. The number of thiazole rings is 1. The van der Waals surface area contributed by atoms with Gasteiger partial charge in [0.2, 0.25) is 0 Å². The van der Waals surface area contributed by atoms with Gasteiger partial charge in [0.25, 0.3) is 15.9 Å². The number of piperidine rings is 1. The number of amides is 1. The first-order valence-electron chi connectivity index (χ1n) is 9.82. The number of para-hydroxylation sites is 1. The van der Waals surface area contributed by atoms with E-state index in [9.17, 15) is 18.0 Å². The van der Waals surface area contributed by atoms with Gasteiger partial charge < -0.3 is 9.30 Å². The molecule has 0 bridgehead atoms. The molecule has 3 aromatic rings. The molecule has 170 valence electrons. The summed E-state index contributed by atoms with van der Waals surface area (Å²) in [5.74, 6) is -1.03. The van der Waals surface area contributed by atoms with Gasteiger partial charge in [0.05, 0.1) is 21.7 Å². The standard InChI is InChI=1S/C20H20ClN3O5S3/c1-29-17(25)12-23-13-6-2-3-8-15(13)30-20(23)22-19(26)14-7-4-5-11-24(14)32(27,28)18-10-9-16(21)31-18/h2-3,6,8-10,14H,4-5,7,11-12H2,1H3. The zero-order valence-electron chi connectivity index (χ0n) is 17.1. The van der Waals surface area contributed by atoms with Crippen molar-refractivity contribution < 1.29 is 22.7 Å². The Morgan fingerprint density at radius 1 is 1.19 bits per heavy atom. The van der Waals surface area contributed by atoms with Crippen molar-refractivity contribution in [3.05, 3.63) is 45.5 Å². The number of benzene rings is 1. The van der Waals surface area contributed by atoms with Gasteiger partial charge in [0, 0.05) is 6.54 Å². The number of rotatable bonds is 5. The number of sulfonamides is 1. The van der Waals surface area contributed by atoms with E-state index in [1.54, 1.807) is 4.57 Å². The number of nitrogens with zero attached hydrogens (tertiary/aromatic N) is 3. The van der Waals surface area contributed by atoms with Crippen LogP contribution in [0.1, 0.15) is 19.3 Å². The normalized spacial score (nSPS) is 18.2. The lowest BCUT2D eigenvalue weighted by Gasteiger charge is -2.31. The van der Waals surface area contributed by atoms with Crippen LogP contribution in [0.15, 0.2) is 45.6 Å². The third-order valence-corrected chi connectivity index (χ3v) is 9.83. The Morgan fingerprint density at radius 3 is 2.69 bits per heavy atom. The number of esters is 1. The molecule has 3 heterocycles. The van der Waals surface area contributed by atoms with Crippen molar-refractivity contribution in [2.24, 2.45) is 4.99 Å². The molecule has 1 saturated heterocycles. The second-order valence-corrected chi connectivity index (χ2v) is 12.0. The number of methoxy groups -OCH3 is 1. The molecule has 4 rings (SSSR count). The van der Waals surface area contributed by atoms with Gasteiger partial charge in [-0.2, -0.15) is 9.30 Å².